The Morgan fingerprint density at radius 3 is 2.26 bits per heavy atom. The summed E-state index contributed by atoms with van der Waals surface area (Å²) in [6, 6.07) is 16.4. The van der Waals surface area contributed by atoms with Gasteiger partial charge in [0.05, 0.1) is 11.8 Å². The third-order valence-electron chi connectivity index (χ3n) is 6.54. The van der Waals surface area contributed by atoms with Crippen molar-refractivity contribution >= 4 is 21.8 Å². The SMILES string of the molecule is CCCCCCCCn1c2ccc(-c3ccco3)cc2c2cc(-c3c[nH]c(=O)[nH]c3=O)ccc21. The van der Waals surface area contributed by atoms with Crippen LogP contribution in [0.4, 0.5) is 0 Å². The maximum absolute atomic E-state index is 12.4. The average molecular weight is 456 g/mol. The van der Waals surface area contributed by atoms with Gasteiger partial charge >= 0.3 is 5.69 Å². The van der Waals surface area contributed by atoms with E-state index >= 15 is 0 Å². The Morgan fingerprint density at radius 1 is 0.853 bits per heavy atom. The van der Waals surface area contributed by atoms with E-state index in [4.69, 9.17) is 4.42 Å². The lowest BCUT2D eigenvalue weighted by atomic mass is 10.0. The van der Waals surface area contributed by atoms with Crippen molar-refractivity contribution < 1.29 is 4.42 Å². The molecule has 2 aromatic carbocycles. The quantitative estimate of drug-likeness (QED) is 0.250. The first kappa shape index (κ1) is 22.0. The van der Waals surface area contributed by atoms with Crippen molar-refractivity contribution in [1.82, 2.24) is 14.5 Å². The number of fused-ring (bicyclic) bond motifs is 3. The Morgan fingerprint density at radius 2 is 1.56 bits per heavy atom. The van der Waals surface area contributed by atoms with Gasteiger partial charge in [-0.2, -0.15) is 0 Å². The molecule has 0 saturated carbocycles. The molecular formula is C28H29N3O3. The van der Waals surface area contributed by atoms with Crippen LogP contribution in [-0.2, 0) is 6.54 Å². The molecule has 0 radical (unpaired) electrons. The van der Waals surface area contributed by atoms with Crippen molar-refractivity contribution in [2.24, 2.45) is 0 Å². The molecule has 3 aromatic heterocycles. The van der Waals surface area contributed by atoms with Crippen molar-refractivity contribution in [1.29, 1.82) is 0 Å². The van der Waals surface area contributed by atoms with Gasteiger partial charge < -0.3 is 14.0 Å². The zero-order chi connectivity index (χ0) is 23.5. The van der Waals surface area contributed by atoms with Crippen LogP contribution in [0.2, 0.25) is 0 Å². The van der Waals surface area contributed by atoms with E-state index in [0.29, 0.717) is 5.56 Å². The number of unbranched alkanes of at least 4 members (excludes halogenated alkanes) is 5. The number of benzene rings is 2. The minimum absolute atomic E-state index is 0.393. The second-order valence-electron chi connectivity index (χ2n) is 8.85. The fraction of sp³-hybridized carbons (Fsp3) is 0.286. The molecule has 0 spiro atoms. The van der Waals surface area contributed by atoms with Gasteiger partial charge in [0.2, 0.25) is 0 Å². The molecule has 0 aliphatic heterocycles. The van der Waals surface area contributed by atoms with Crippen LogP contribution in [0, 0.1) is 0 Å². The molecule has 34 heavy (non-hydrogen) atoms. The third kappa shape index (κ3) is 4.23. The van der Waals surface area contributed by atoms with Crippen LogP contribution in [0.3, 0.4) is 0 Å². The smallest absolute Gasteiger partial charge is 0.325 e. The molecule has 174 valence electrons. The number of hydrogen-bond donors (Lipinski definition) is 2. The molecule has 6 heteroatoms. The number of nitrogens with zero attached hydrogens (tertiary/aromatic N) is 1. The summed E-state index contributed by atoms with van der Waals surface area (Å²) >= 11 is 0. The van der Waals surface area contributed by atoms with E-state index in [1.54, 1.807) is 6.26 Å². The topological polar surface area (TPSA) is 83.8 Å². The lowest BCUT2D eigenvalue weighted by Crippen LogP contribution is -2.22. The molecule has 0 amide bonds. The maximum Gasteiger partial charge on any atom is 0.325 e. The summed E-state index contributed by atoms with van der Waals surface area (Å²) in [5.41, 5.74) is 3.65. The number of rotatable bonds is 9. The molecule has 0 saturated heterocycles. The van der Waals surface area contributed by atoms with Crippen molar-refractivity contribution in [2.45, 2.75) is 52.0 Å². The second kappa shape index (κ2) is 9.59. The zero-order valence-corrected chi connectivity index (χ0v) is 19.4. The average Bonchev–Trinajstić information content (AvgIpc) is 3.48. The molecule has 2 N–H and O–H groups in total. The van der Waals surface area contributed by atoms with Gasteiger partial charge in [-0.3, -0.25) is 9.78 Å². The fourth-order valence-electron chi connectivity index (χ4n) is 4.78. The highest BCUT2D eigenvalue weighted by atomic mass is 16.3. The van der Waals surface area contributed by atoms with E-state index in [1.807, 2.05) is 24.3 Å². The first-order valence-corrected chi connectivity index (χ1v) is 12.1. The molecule has 0 fully saturated rings. The van der Waals surface area contributed by atoms with Crippen LogP contribution in [-0.4, -0.2) is 14.5 Å². The van der Waals surface area contributed by atoms with Crippen LogP contribution in [0.15, 0.2) is 75.0 Å². The van der Waals surface area contributed by atoms with Crippen molar-refractivity contribution in [2.75, 3.05) is 0 Å². The molecule has 3 heterocycles. The summed E-state index contributed by atoms with van der Waals surface area (Å²) in [6.45, 7) is 3.19. The highest BCUT2D eigenvalue weighted by molar-refractivity contribution is 6.10. The zero-order valence-electron chi connectivity index (χ0n) is 19.4. The Hall–Kier alpha value is -3.80. The maximum atomic E-state index is 12.4. The van der Waals surface area contributed by atoms with E-state index < -0.39 is 11.2 Å². The lowest BCUT2D eigenvalue weighted by Gasteiger charge is -2.08. The number of aromatic amines is 2. The number of aryl methyl sites for hydroxylation is 1. The molecule has 0 unspecified atom stereocenters. The first-order chi connectivity index (χ1) is 16.7. The van der Waals surface area contributed by atoms with E-state index in [9.17, 15) is 9.59 Å². The van der Waals surface area contributed by atoms with Crippen molar-refractivity contribution in [3.05, 3.63) is 81.8 Å². The van der Waals surface area contributed by atoms with Gasteiger partial charge in [0.25, 0.3) is 5.56 Å². The molecule has 5 rings (SSSR count). The first-order valence-electron chi connectivity index (χ1n) is 12.1. The number of furan rings is 1. The van der Waals surface area contributed by atoms with E-state index in [2.05, 4.69) is 45.7 Å². The summed E-state index contributed by atoms with van der Waals surface area (Å²) in [6.07, 6.45) is 10.6. The predicted molar refractivity (Wildman–Crippen MR) is 137 cm³/mol. The monoisotopic (exact) mass is 455 g/mol. The molecule has 6 nitrogen and oxygen atoms in total. The summed E-state index contributed by atoms with van der Waals surface area (Å²) < 4.78 is 8.02. The summed E-state index contributed by atoms with van der Waals surface area (Å²) in [7, 11) is 0. The minimum Gasteiger partial charge on any atom is -0.464 e. The number of H-pyrrole nitrogens is 2. The van der Waals surface area contributed by atoms with Gasteiger partial charge in [-0.05, 0) is 54.4 Å². The third-order valence-corrected chi connectivity index (χ3v) is 6.54. The minimum atomic E-state index is -0.506. The molecule has 0 aliphatic carbocycles. The van der Waals surface area contributed by atoms with E-state index in [0.717, 1.165) is 46.1 Å². The van der Waals surface area contributed by atoms with Crippen LogP contribution in [0.1, 0.15) is 45.4 Å². The highest BCUT2D eigenvalue weighted by Crippen LogP contribution is 2.35. The van der Waals surface area contributed by atoms with Crippen LogP contribution >= 0.6 is 0 Å². The van der Waals surface area contributed by atoms with Crippen LogP contribution in [0.5, 0.6) is 0 Å². The standard InChI is InChI=1S/C28H29N3O3/c1-2-3-4-5-6-7-14-31-24-12-10-19(23-18-29-28(33)30-27(23)32)16-21(24)22-17-20(11-13-25(22)31)26-9-8-15-34-26/h8-13,15-18H,2-7,14H2,1H3,(H2,29,30,32,33). The van der Waals surface area contributed by atoms with Gasteiger partial charge in [0, 0.05) is 40.1 Å². The van der Waals surface area contributed by atoms with Crippen LogP contribution < -0.4 is 11.2 Å². The summed E-state index contributed by atoms with van der Waals surface area (Å²) in [4.78, 5) is 28.8. The predicted octanol–water partition coefficient (Wildman–Crippen LogP) is 6.46. The molecular weight excluding hydrogens is 426 g/mol. The Bertz CT molecular complexity index is 1540. The van der Waals surface area contributed by atoms with Gasteiger partial charge in [-0.25, -0.2) is 4.79 Å². The normalized spacial score (nSPS) is 11.6. The Kier molecular flexibility index (Phi) is 6.21. The lowest BCUT2D eigenvalue weighted by molar-refractivity contribution is 0.571. The molecule has 5 aromatic rings. The van der Waals surface area contributed by atoms with Gasteiger partial charge in [0.1, 0.15) is 5.76 Å². The van der Waals surface area contributed by atoms with E-state index in [-0.39, 0.29) is 0 Å². The van der Waals surface area contributed by atoms with Crippen molar-refractivity contribution in [3.63, 3.8) is 0 Å². The molecule has 0 bridgehead atoms. The fourth-order valence-corrected chi connectivity index (χ4v) is 4.78. The highest BCUT2D eigenvalue weighted by Gasteiger charge is 2.14. The number of aromatic nitrogens is 3. The summed E-state index contributed by atoms with van der Waals surface area (Å²) in [5.74, 6) is 0.826. The van der Waals surface area contributed by atoms with Crippen LogP contribution in [0.25, 0.3) is 44.3 Å². The molecule has 0 aliphatic rings. The largest absolute Gasteiger partial charge is 0.464 e. The number of hydrogen-bond acceptors (Lipinski definition) is 3. The van der Waals surface area contributed by atoms with E-state index in [1.165, 1.54) is 43.8 Å². The van der Waals surface area contributed by atoms with Gasteiger partial charge in [-0.15, -0.1) is 0 Å². The molecule has 0 atom stereocenters. The Balaban J connectivity index is 1.60. The summed E-state index contributed by atoms with van der Waals surface area (Å²) in [5, 5.41) is 2.20. The van der Waals surface area contributed by atoms with Crippen molar-refractivity contribution in [3.8, 4) is 22.5 Å². The van der Waals surface area contributed by atoms with Gasteiger partial charge in [0.15, 0.2) is 0 Å². The second-order valence-corrected chi connectivity index (χ2v) is 8.85. The Labute approximate surface area is 197 Å². The van der Waals surface area contributed by atoms with Gasteiger partial charge in [-0.1, -0.05) is 45.1 Å². The number of nitrogens with one attached hydrogen (secondary N) is 2.